The lowest BCUT2D eigenvalue weighted by Crippen LogP contribution is -2.17. The number of halogens is 4. The van der Waals surface area contributed by atoms with Crippen LogP contribution in [0.15, 0.2) is 23.1 Å². The minimum absolute atomic E-state index is 0.359. The molecule has 0 heterocycles. The third-order valence-electron chi connectivity index (χ3n) is 1.84. The standard InChI is InChI=1S/C8H5F4O5PS/c9-6-3-1-2-5(8(10,11)12)7(6)19(15,16)17-4-18(13)14/h1-3H,4H2/p+1. The van der Waals surface area contributed by atoms with Gasteiger partial charge in [-0.3, -0.25) is 0 Å². The van der Waals surface area contributed by atoms with Crippen LogP contribution in [0.5, 0.6) is 0 Å². The molecule has 0 bridgehead atoms. The van der Waals surface area contributed by atoms with E-state index < -0.39 is 46.9 Å². The molecule has 0 aliphatic rings. The highest BCUT2D eigenvalue weighted by atomic mass is 32.2. The highest BCUT2D eigenvalue weighted by Gasteiger charge is 2.40. The number of hydrogen-bond donors (Lipinski definition) is 1. The quantitative estimate of drug-likeness (QED) is 0.522. The lowest BCUT2D eigenvalue weighted by molar-refractivity contribution is -0.140. The van der Waals surface area contributed by atoms with Crippen LogP contribution < -0.4 is 0 Å². The van der Waals surface area contributed by atoms with Crippen molar-refractivity contribution in [3.63, 3.8) is 0 Å². The predicted molar refractivity (Wildman–Crippen MR) is 54.4 cm³/mol. The molecule has 5 nitrogen and oxygen atoms in total. The highest BCUT2D eigenvalue weighted by Crippen LogP contribution is 2.36. The van der Waals surface area contributed by atoms with Gasteiger partial charge >= 0.3 is 24.3 Å². The van der Waals surface area contributed by atoms with Gasteiger partial charge in [-0.15, -0.1) is 0 Å². The van der Waals surface area contributed by atoms with Crippen LogP contribution in [-0.4, -0.2) is 19.7 Å². The van der Waals surface area contributed by atoms with Crippen molar-refractivity contribution in [1.82, 2.24) is 0 Å². The van der Waals surface area contributed by atoms with E-state index in [4.69, 9.17) is 4.89 Å². The fourth-order valence-electron chi connectivity index (χ4n) is 1.16. The lowest BCUT2D eigenvalue weighted by atomic mass is 10.2. The zero-order valence-corrected chi connectivity index (χ0v) is 10.6. The average Bonchev–Trinajstić information content (AvgIpc) is 2.24. The van der Waals surface area contributed by atoms with Gasteiger partial charge in [0.1, 0.15) is 10.7 Å². The van der Waals surface area contributed by atoms with Crippen LogP contribution in [0.25, 0.3) is 0 Å². The molecule has 0 amide bonds. The molecule has 1 unspecified atom stereocenters. The molecule has 1 aromatic carbocycles. The maximum atomic E-state index is 13.3. The SMILES string of the molecule is O=[P+](O)COS(=O)(=O)c1c(F)cccc1C(F)(F)F. The van der Waals surface area contributed by atoms with Crippen LogP contribution in [0.3, 0.4) is 0 Å². The molecular weight excluding hydrogens is 315 g/mol. The Balaban J connectivity index is 3.37. The molecule has 106 valence electrons. The van der Waals surface area contributed by atoms with Crippen molar-refractivity contribution in [1.29, 1.82) is 0 Å². The summed E-state index contributed by atoms with van der Waals surface area (Å²) < 4.78 is 88.0. The molecule has 19 heavy (non-hydrogen) atoms. The Kier molecular flexibility index (Phi) is 4.62. The van der Waals surface area contributed by atoms with E-state index in [9.17, 15) is 30.5 Å². The molecule has 1 aromatic rings. The van der Waals surface area contributed by atoms with Crippen molar-refractivity contribution in [2.45, 2.75) is 11.1 Å². The van der Waals surface area contributed by atoms with Crippen molar-refractivity contribution < 1.29 is 39.6 Å². The summed E-state index contributed by atoms with van der Waals surface area (Å²) in [6.45, 7) is 0. The molecule has 0 fully saturated rings. The van der Waals surface area contributed by atoms with Crippen molar-refractivity contribution in [2.24, 2.45) is 0 Å². The second-order valence-electron chi connectivity index (χ2n) is 3.17. The maximum absolute atomic E-state index is 13.3. The van der Waals surface area contributed by atoms with Gasteiger partial charge in [0.05, 0.1) is 5.56 Å². The Hall–Kier alpha value is -1.09. The molecule has 0 saturated heterocycles. The Labute approximate surface area is 105 Å². The van der Waals surface area contributed by atoms with Crippen LogP contribution >= 0.6 is 8.03 Å². The first kappa shape index (κ1) is 16.0. The molecule has 1 atom stereocenters. The number of alkyl halides is 3. The maximum Gasteiger partial charge on any atom is 0.535 e. The van der Waals surface area contributed by atoms with Crippen molar-refractivity contribution >= 4 is 18.1 Å². The van der Waals surface area contributed by atoms with Gasteiger partial charge in [0, 0.05) is 0 Å². The van der Waals surface area contributed by atoms with Crippen LogP contribution in [0.2, 0.25) is 0 Å². The van der Waals surface area contributed by atoms with Gasteiger partial charge < -0.3 is 0 Å². The fraction of sp³-hybridized carbons (Fsp3) is 0.250. The molecule has 11 heteroatoms. The Morgan fingerprint density at radius 3 is 2.37 bits per heavy atom. The summed E-state index contributed by atoms with van der Waals surface area (Å²) in [7, 11) is -8.20. The van der Waals surface area contributed by atoms with Gasteiger partial charge in [-0.25, -0.2) is 8.57 Å². The first-order valence-corrected chi connectivity index (χ1v) is 7.25. The summed E-state index contributed by atoms with van der Waals surface area (Å²) in [5, 5.41) is 0. The fourth-order valence-corrected chi connectivity index (χ4v) is 2.95. The van der Waals surface area contributed by atoms with Gasteiger partial charge in [-0.2, -0.15) is 26.5 Å². The molecule has 0 spiro atoms. The smallest absolute Gasteiger partial charge is 0.213 e. The van der Waals surface area contributed by atoms with Gasteiger partial charge in [0.25, 0.3) is 6.35 Å². The first-order chi connectivity index (χ1) is 8.55. The Morgan fingerprint density at radius 2 is 1.89 bits per heavy atom. The molecule has 0 aromatic heterocycles. The predicted octanol–water partition coefficient (Wildman–Crippen LogP) is 2.24. The third kappa shape index (κ3) is 3.93. The second kappa shape index (κ2) is 5.49. The van der Waals surface area contributed by atoms with E-state index in [1.165, 1.54) is 0 Å². The van der Waals surface area contributed by atoms with E-state index in [1.54, 1.807) is 0 Å². The van der Waals surface area contributed by atoms with Gasteiger partial charge in [-0.05, 0) is 16.7 Å². The van der Waals surface area contributed by atoms with Crippen LogP contribution in [0.1, 0.15) is 5.56 Å². The molecule has 1 rings (SSSR count). The first-order valence-electron chi connectivity index (χ1n) is 4.44. The lowest BCUT2D eigenvalue weighted by Gasteiger charge is -2.12. The number of benzene rings is 1. The van der Waals surface area contributed by atoms with Gasteiger partial charge in [0.15, 0.2) is 0 Å². The van der Waals surface area contributed by atoms with Crippen molar-refractivity contribution in [3.8, 4) is 0 Å². The van der Waals surface area contributed by atoms with Crippen LogP contribution in [0, 0.1) is 5.82 Å². The Bertz CT molecular complexity index is 598. The summed E-state index contributed by atoms with van der Waals surface area (Å²) in [4.78, 5) is 6.66. The van der Waals surface area contributed by atoms with Crippen molar-refractivity contribution in [2.75, 3.05) is 6.35 Å². The van der Waals surface area contributed by atoms with Crippen LogP contribution in [0.4, 0.5) is 17.6 Å². The summed E-state index contributed by atoms with van der Waals surface area (Å²) in [6.07, 6.45) is -6.38. The molecular formula is C8H6F4O5PS+. The zero-order valence-electron chi connectivity index (χ0n) is 8.89. The topological polar surface area (TPSA) is 80.7 Å². The summed E-state index contributed by atoms with van der Waals surface area (Å²) in [5.41, 5.74) is -1.75. The minimum Gasteiger partial charge on any atom is -0.213 e. The molecule has 0 saturated carbocycles. The third-order valence-corrected chi connectivity index (χ3v) is 3.71. The molecule has 0 aliphatic heterocycles. The van der Waals surface area contributed by atoms with Crippen molar-refractivity contribution in [3.05, 3.63) is 29.6 Å². The van der Waals surface area contributed by atoms with E-state index in [2.05, 4.69) is 4.18 Å². The average molecular weight is 321 g/mol. The molecule has 0 aliphatic carbocycles. The number of rotatable bonds is 4. The summed E-state index contributed by atoms with van der Waals surface area (Å²) >= 11 is 0. The zero-order chi connectivity index (χ0) is 14.8. The largest absolute Gasteiger partial charge is 0.535 e. The minimum atomic E-state index is -5.14. The Morgan fingerprint density at radius 1 is 1.32 bits per heavy atom. The van der Waals surface area contributed by atoms with Gasteiger partial charge in [0.2, 0.25) is 0 Å². The molecule has 1 N–H and O–H groups in total. The second-order valence-corrected chi connectivity index (χ2v) is 5.68. The van der Waals surface area contributed by atoms with E-state index in [1.807, 2.05) is 0 Å². The highest BCUT2D eigenvalue weighted by molar-refractivity contribution is 7.87. The summed E-state index contributed by atoms with van der Waals surface area (Å²) in [6, 6.07) is 1.55. The normalized spacial score (nSPS) is 13.4. The monoisotopic (exact) mass is 321 g/mol. The van der Waals surface area contributed by atoms with Crippen LogP contribution in [-0.2, 0) is 25.0 Å². The number of hydrogen-bond acceptors (Lipinski definition) is 4. The van der Waals surface area contributed by atoms with Gasteiger partial charge in [-0.1, -0.05) is 6.07 Å². The van der Waals surface area contributed by atoms with E-state index >= 15 is 0 Å². The molecule has 0 radical (unpaired) electrons. The van der Waals surface area contributed by atoms with E-state index in [0.717, 1.165) is 0 Å². The van der Waals surface area contributed by atoms with E-state index in [-0.39, 0.29) is 0 Å². The van der Waals surface area contributed by atoms with E-state index in [0.29, 0.717) is 18.2 Å². The summed E-state index contributed by atoms with van der Waals surface area (Å²) in [5.74, 6) is -1.66.